The van der Waals surface area contributed by atoms with Gasteiger partial charge in [-0.25, -0.2) is 0 Å². The van der Waals surface area contributed by atoms with E-state index in [-0.39, 0.29) is 6.04 Å². The highest BCUT2D eigenvalue weighted by atomic mass is 16.5. The Kier molecular flexibility index (Phi) is 4.92. The molecule has 3 heteroatoms. The lowest BCUT2D eigenvalue weighted by Gasteiger charge is -2.35. The minimum absolute atomic E-state index is 0.0219. The van der Waals surface area contributed by atoms with E-state index in [0.29, 0.717) is 5.92 Å². The highest BCUT2D eigenvalue weighted by molar-refractivity contribution is 5.47. The molecule has 112 valence electrons. The molecule has 0 aromatic heterocycles. The standard InChI is InChI=1S/C17H27NO2/c1-11-8-12(2)10-13(9-11)17(18)16-14(19-3)6-5-7-15(16)20-4/h5-7,11-13,17H,8-10,18H2,1-4H3. The summed E-state index contributed by atoms with van der Waals surface area (Å²) in [6.45, 7) is 4.66. The number of benzene rings is 1. The Morgan fingerprint density at radius 2 is 1.50 bits per heavy atom. The molecular weight excluding hydrogens is 250 g/mol. The van der Waals surface area contributed by atoms with Crippen LogP contribution in [0.3, 0.4) is 0 Å². The molecule has 0 radical (unpaired) electrons. The lowest BCUT2D eigenvalue weighted by atomic mass is 9.72. The van der Waals surface area contributed by atoms with Gasteiger partial charge in [-0.3, -0.25) is 0 Å². The second kappa shape index (κ2) is 6.49. The second-order valence-electron chi connectivity index (χ2n) is 6.28. The fourth-order valence-corrected chi connectivity index (χ4v) is 3.75. The zero-order chi connectivity index (χ0) is 14.7. The molecule has 2 rings (SSSR count). The zero-order valence-electron chi connectivity index (χ0n) is 13.1. The van der Waals surface area contributed by atoms with Gasteiger partial charge < -0.3 is 15.2 Å². The van der Waals surface area contributed by atoms with Crippen LogP contribution in [0.5, 0.6) is 11.5 Å². The quantitative estimate of drug-likeness (QED) is 0.911. The zero-order valence-corrected chi connectivity index (χ0v) is 13.1. The predicted octanol–water partition coefficient (Wildman–Crippen LogP) is 3.78. The van der Waals surface area contributed by atoms with Crippen LogP contribution in [0.15, 0.2) is 18.2 Å². The average Bonchev–Trinajstić information content (AvgIpc) is 2.44. The number of rotatable bonds is 4. The van der Waals surface area contributed by atoms with Gasteiger partial charge in [0.2, 0.25) is 0 Å². The third-order valence-corrected chi connectivity index (χ3v) is 4.52. The number of hydrogen-bond acceptors (Lipinski definition) is 3. The molecule has 0 amide bonds. The Morgan fingerprint density at radius 3 is 1.95 bits per heavy atom. The van der Waals surface area contributed by atoms with Crippen molar-refractivity contribution in [1.82, 2.24) is 0 Å². The molecule has 1 aromatic rings. The van der Waals surface area contributed by atoms with Gasteiger partial charge in [0.05, 0.1) is 19.8 Å². The molecule has 1 aliphatic rings. The molecule has 1 aliphatic carbocycles. The molecule has 0 aliphatic heterocycles. The molecule has 1 aromatic carbocycles. The Bertz CT molecular complexity index is 414. The first-order valence-electron chi connectivity index (χ1n) is 7.53. The van der Waals surface area contributed by atoms with Crippen LogP contribution in [0, 0.1) is 17.8 Å². The van der Waals surface area contributed by atoms with Crippen molar-refractivity contribution < 1.29 is 9.47 Å². The first kappa shape index (κ1) is 15.2. The van der Waals surface area contributed by atoms with Gasteiger partial charge in [-0.15, -0.1) is 0 Å². The highest BCUT2D eigenvalue weighted by Gasteiger charge is 2.31. The number of methoxy groups -OCH3 is 2. The molecule has 0 saturated heterocycles. The average molecular weight is 277 g/mol. The maximum atomic E-state index is 6.59. The summed E-state index contributed by atoms with van der Waals surface area (Å²) >= 11 is 0. The molecular formula is C17H27NO2. The van der Waals surface area contributed by atoms with Crippen LogP contribution < -0.4 is 15.2 Å². The van der Waals surface area contributed by atoms with Crippen molar-refractivity contribution in [3.63, 3.8) is 0 Å². The SMILES string of the molecule is COc1cccc(OC)c1C(N)C1CC(C)CC(C)C1. The van der Waals surface area contributed by atoms with Crippen molar-refractivity contribution in [3.8, 4) is 11.5 Å². The molecule has 1 saturated carbocycles. The molecule has 3 nitrogen and oxygen atoms in total. The van der Waals surface area contributed by atoms with Gasteiger partial charge in [-0.1, -0.05) is 19.9 Å². The Morgan fingerprint density at radius 1 is 1.00 bits per heavy atom. The summed E-state index contributed by atoms with van der Waals surface area (Å²) < 4.78 is 11.0. The molecule has 2 N–H and O–H groups in total. The van der Waals surface area contributed by atoms with Gasteiger partial charge in [0, 0.05) is 6.04 Å². The van der Waals surface area contributed by atoms with Crippen molar-refractivity contribution in [2.24, 2.45) is 23.5 Å². The van der Waals surface area contributed by atoms with E-state index in [1.165, 1.54) is 19.3 Å². The molecule has 0 spiro atoms. The first-order valence-corrected chi connectivity index (χ1v) is 7.53. The summed E-state index contributed by atoms with van der Waals surface area (Å²) in [5.74, 6) is 3.66. The van der Waals surface area contributed by atoms with Gasteiger partial charge in [0.25, 0.3) is 0 Å². The lowest BCUT2D eigenvalue weighted by Crippen LogP contribution is -2.29. The number of nitrogens with two attached hydrogens (primary N) is 1. The van der Waals surface area contributed by atoms with Gasteiger partial charge in [0.1, 0.15) is 11.5 Å². The van der Waals surface area contributed by atoms with Gasteiger partial charge >= 0.3 is 0 Å². The molecule has 20 heavy (non-hydrogen) atoms. The summed E-state index contributed by atoms with van der Waals surface area (Å²) in [5, 5.41) is 0. The largest absolute Gasteiger partial charge is 0.496 e. The first-order chi connectivity index (χ1) is 9.56. The van der Waals surface area contributed by atoms with Crippen molar-refractivity contribution in [2.75, 3.05) is 14.2 Å². The number of ether oxygens (including phenoxy) is 2. The fraction of sp³-hybridized carbons (Fsp3) is 0.647. The van der Waals surface area contributed by atoms with Gasteiger partial charge in [0.15, 0.2) is 0 Å². The van der Waals surface area contributed by atoms with E-state index in [2.05, 4.69) is 13.8 Å². The van der Waals surface area contributed by atoms with E-state index < -0.39 is 0 Å². The van der Waals surface area contributed by atoms with Crippen LogP contribution in [0.4, 0.5) is 0 Å². The van der Waals surface area contributed by atoms with Crippen molar-refractivity contribution in [1.29, 1.82) is 0 Å². The van der Waals surface area contributed by atoms with Crippen LogP contribution >= 0.6 is 0 Å². The van der Waals surface area contributed by atoms with Crippen molar-refractivity contribution in [3.05, 3.63) is 23.8 Å². The normalized spacial score (nSPS) is 27.9. The Hall–Kier alpha value is -1.22. The molecule has 0 bridgehead atoms. The predicted molar refractivity (Wildman–Crippen MR) is 82.1 cm³/mol. The monoisotopic (exact) mass is 277 g/mol. The van der Waals surface area contributed by atoms with E-state index >= 15 is 0 Å². The summed E-state index contributed by atoms with van der Waals surface area (Å²) in [7, 11) is 3.38. The van der Waals surface area contributed by atoms with Crippen LogP contribution in [-0.4, -0.2) is 14.2 Å². The van der Waals surface area contributed by atoms with Crippen LogP contribution in [0.25, 0.3) is 0 Å². The minimum atomic E-state index is -0.0219. The minimum Gasteiger partial charge on any atom is -0.496 e. The summed E-state index contributed by atoms with van der Waals surface area (Å²) in [6.07, 6.45) is 3.69. The summed E-state index contributed by atoms with van der Waals surface area (Å²) in [5.41, 5.74) is 7.60. The topological polar surface area (TPSA) is 44.5 Å². The van der Waals surface area contributed by atoms with Crippen molar-refractivity contribution >= 4 is 0 Å². The third-order valence-electron chi connectivity index (χ3n) is 4.52. The highest BCUT2D eigenvalue weighted by Crippen LogP contribution is 2.43. The van der Waals surface area contributed by atoms with E-state index in [0.717, 1.165) is 28.9 Å². The second-order valence-corrected chi connectivity index (χ2v) is 6.28. The molecule has 1 fully saturated rings. The molecule has 0 heterocycles. The van der Waals surface area contributed by atoms with E-state index in [9.17, 15) is 0 Å². The smallest absolute Gasteiger partial charge is 0.127 e. The summed E-state index contributed by atoms with van der Waals surface area (Å²) in [6, 6.07) is 5.85. The van der Waals surface area contributed by atoms with Gasteiger partial charge in [-0.2, -0.15) is 0 Å². The van der Waals surface area contributed by atoms with Gasteiger partial charge in [-0.05, 0) is 49.1 Å². The summed E-state index contributed by atoms with van der Waals surface area (Å²) in [4.78, 5) is 0. The van der Waals surface area contributed by atoms with Crippen molar-refractivity contribution in [2.45, 2.75) is 39.2 Å². The third kappa shape index (κ3) is 3.09. The van der Waals surface area contributed by atoms with E-state index in [1.54, 1.807) is 14.2 Å². The van der Waals surface area contributed by atoms with Crippen LogP contribution in [0.2, 0.25) is 0 Å². The molecule has 3 unspecified atom stereocenters. The molecule has 3 atom stereocenters. The maximum absolute atomic E-state index is 6.59. The fourth-order valence-electron chi connectivity index (χ4n) is 3.75. The van der Waals surface area contributed by atoms with Crippen LogP contribution in [0.1, 0.15) is 44.7 Å². The van der Waals surface area contributed by atoms with E-state index in [1.807, 2.05) is 18.2 Å². The Labute approximate surface area is 122 Å². The number of hydrogen-bond donors (Lipinski definition) is 1. The lowest BCUT2D eigenvalue weighted by molar-refractivity contribution is 0.190. The Balaban J connectivity index is 2.30. The van der Waals surface area contributed by atoms with E-state index in [4.69, 9.17) is 15.2 Å². The van der Waals surface area contributed by atoms with Crippen LogP contribution in [-0.2, 0) is 0 Å². The maximum Gasteiger partial charge on any atom is 0.127 e.